The van der Waals surface area contributed by atoms with E-state index in [1.165, 1.54) is 0 Å². The largest absolute Gasteiger partial charge is 0.392 e. The van der Waals surface area contributed by atoms with E-state index in [0.29, 0.717) is 6.42 Å². The molecule has 0 saturated carbocycles. The van der Waals surface area contributed by atoms with E-state index in [1.54, 1.807) is 18.7 Å². The van der Waals surface area contributed by atoms with Gasteiger partial charge in [-0.05, 0) is 25.5 Å². The Bertz CT molecular complexity index is 393. The third-order valence-corrected chi connectivity index (χ3v) is 4.17. The van der Waals surface area contributed by atoms with Crippen LogP contribution in [0.2, 0.25) is 0 Å². The number of rotatable bonds is 6. The number of aliphatic hydroxyl groups excluding tert-OH is 1. The summed E-state index contributed by atoms with van der Waals surface area (Å²) in [6.07, 6.45) is 0.130. The van der Waals surface area contributed by atoms with Gasteiger partial charge in [0.15, 0.2) is 0 Å². The Balaban J connectivity index is 2.33. The van der Waals surface area contributed by atoms with E-state index in [-0.39, 0.29) is 17.3 Å². The van der Waals surface area contributed by atoms with Gasteiger partial charge in [0.1, 0.15) is 0 Å². The van der Waals surface area contributed by atoms with Crippen molar-refractivity contribution in [2.24, 2.45) is 0 Å². The lowest BCUT2D eigenvalue weighted by Crippen LogP contribution is -2.18. The number of carbonyl (C=O) groups is 1. The van der Waals surface area contributed by atoms with E-state index in [9.17, 15) is 9.90 Å². The minimum absolute atomic E-state index is 0.0228. The molecule has 1 rings (SSSR count). The highest BCUT2D eigenvalue weighted by Crippen LogP contribution is 2.17. The van der Waals surface area contributed by atoms with Crippen LogP contribution < -0.4 is 5.32 Å². The van der Waals surface area contributed by atoms with Crippen molar-refractivity contribution in [1.29, 1.82) is 0 Å². The van der Waals surface area contributed by atoms with Gasteiger partial charge in [-0.25, -0.2) is 0 Å². The molecule has 2 atom stereocenters. The maximum absolute atomic E-state index is 11.7. The van der Waals surface area contributed by atoms with Crippen LogP contribution in [0.5, 0.6) is 0 Å². The van der Waals surface area contributed by atoms with Crippen molar-refractivity contribution in [3.05, 3.63) is 29.8 Å². The van der Waals surface area contributed by atoms with Gasteiger partial charge in [-0.3, -0.25) is 4.79 Å². The Kier molecular flexibility index (Phi) is 6.22. The summed E-state index contributed by atoms with van der Waals surface area (Å²) in [4.78, 5) is 11.7. The number of thioether (sulfide) groups is 1. The number of nitrogens with one attached hydrogen (secondary N) is 1. The van der Waals surface area contributed by atoms with Crippen molar-refractivity contribution < 1.29 is 9.90 Å². The maximum Gasteiger partial charge on any atom is 0.225 e. The molecule has 2 N–H and O–H groups in total. The maximum atomic E-state index is 11.7. The monoisotopic (exact) mass is 267 g/mol. The molecule has 0 bridgehead atoms. The fourth-order valence-electron chi connectivity index (χ4n) is 1.40. The first-order valence-corrected chi connectivity index (χ1v) is 7.20. The molecule has 0 saturated heterocycles. The smallest absolute Gasteiger partial charge is 0.225 e. The van der Waals surface area contributed by atoms with E-state index >= 15 is 0 Å². The van der Waals surface area contributed by atoms with Gasteiger partial charge >= 0.3 is 0 Å². The lowest BCUT2D eigenvalue weighted by molar-refractivity contribution is -0.115. The van der Waals surface area contributed by atoms with Gasteiger partial charge in [-0.15, -0.1) is 0 Å². The predicted octanol–water partition coefficient (Wildman–Crippen LogP) is 2.83. The summed E-state index contributed by atoms with van der Waals surface area (Å²) in [6.45, 7) is 5.71. The SMILES string of the molecule is Cc1ccccc1NC(=O)CCSC(C)C(C)O. The van der Waals surface area contributed by atoms with Gasteiger partial charge in [-0.2, -0.15) is 11.8 Å². The van der Waals surface area contributed by atoms with Crippen LogP contribution in [0, 0.1) is 6.92 Å². The highest BCUT2D eigenvalue weighted by Gasteiger charge is 2.10. The molecular weight excluding hydrogens is 246 g/mol. The number of anilines is 1. The van der Waals surface area contributed by atoms with Crippen molar-refractivity contribution in [1.82, 2.24) is 0 Å². The van der Waals surface area contributed by atoms with Crippen molar-refractivity contribution in [2.75, 3.05) is 11.1 Å². The summed E-state index contributed by atoms with van der Waals surface area (Å²) in [5.41, 5.74) is 1.94. The second-order valence-electron chi connectivity index (χ2n) is 4.43. The molecule has 3 nitrogen and oxygen atoms in total. The quantitative estimate of drug-likeness (QED) is 0.833. The molecule has 2 unspecified atom stereocenters. The lowest BCUT2D eigenvalue weighted by atomic mass is 10.2. The Hall–Kier alpha value is -1.000. The molecule has 0 aliphatic heterocycles. The molecule has 0 radical (unpaired) electrons. The number of amides is 1. The number of aliphatic hydroxyl groups is 1. The number of hydrogen-bond acceptors (Lipinski definition) is 3. The van der Waals surface area contributed by atoms with Crippen molar-refractivity contribution in [3.8, 4) is 0 Å². The van der Waals surface area contributed by atoms with E-state index in [2.05, 4.69) is 5.32 Å². The summed E-state index contributed by atoms with van der Waals surface area (Å²) in [5, 5.41) is 12.4. The molecule has 1 aromatic rings. The van der Waals surface area contributed by atoms with Crippen molar-refractivity contribution >= 4 is 23.4 Å². The zero-order valence-electron chi connectivity index (χ0n) is 11.1. The topological polar surface area (TPSA) is 49.3 Å². The first kappa shape index (κ1) is 15.1. The first-order valence-electron chi connectivity index (χ1n) is 6.16. The summed E-state index contributed by atoms with van der Waals surface area (Å²) >= 11 is 1.62. The standard InChI is InChI=1S/C14H21NO2S/c1-10-6-4-5-7-13(10)15-14(17)8-9-18-12(3)11(2)16/h4-7,11-12,16H,8-9H2,1-3H3,(H,15,17). The molecular formula is C14H21NO2S. The molecule has 0 aliphatic rings. The highest BCUT2D eigenvalue weighted by atomic mass is 32.2. The normalized spacial score (nSPS) is 14.0. The van der Waals surface area contributed by atoms with Crippen molar-refractivity contribution in [3.63, 3.8) is 0 Å². The van der Waals surface area contributed by atoms with Gasteiger partial charge in [-0.1, -0.05) is 25.1 Å². The van der Waals surface area contributed by atoms with Gasteiger partial charge in [0.2, 0.25) is 5.91 Å². The minimum Gasteiger partial charge on any atom is -0.392 e. The Labute approximate surface area is 113 Å². The molecule has 0 heterocycles. The third-order valence-electron chi connectivity index (χ3n) is 2.81. The zero-order chi connectivity index (χ0) is 13.5. The number of benzene rings is 1. The second-order valence-corrected chi connectivity index (χ2v) is 5.91. The van der Waals surface area contributed by atoms with Crippen LogP contribution in [-0.2, 0) is 4.79 Å². The molecule has 0 spiro atoms. The number of hydrogen-bond donors (Lipinski definition) is 2. The van der Waals surface area contributed by atoms with E-state index in [4.69, 9.17) is 0 Å². The third kappa shape index (κ3) is 5.10. The summed E-state index contributed by atoms with van der Waals surface area (Å²) in [5.74, 6) is 0.749. The molecule has 100 valence electrons. The minimum atomic E-state index is -0.338. The fraction of sp³-hybridized carbons (Fsp3) is 0.500. The molecule has 1 amide bonds. The molecule has 18 heavy (non-hydrogen) atoms. The van der Waals surface area contributed by atoms with E-state index in [1.807, 2.05) is 38.1 Å². The highest BCUT2D eigenvalue weighted by molar-refractivity contribution is 7.99. The number of carbonyl (C=O) groups excluding carboxylic acids is 1. The van der Waals surface area contributed by atoms with Crippen LogP contribution in [0.4, 0.5) is 5.69 Å². The van der Waals surface area contributed by atoms with Gasteiger partial charge in [0.05, 0.1) is 6.10 Å². The lowest BCUT2D eigenvalue weighted by Gasteiger charge is -2.13. The summed E-state index contributed by atoms with van der Waals surface area (Å²) in [6, 6.07) is 7.73. The molecule has 4 heteroatoms. The Morgan fingerprint density at radius 2 is 2.06 bits per heavy atom. The summed E-state index contributed by atoms with van der Waals surface area (Å²) < 4.78 is 0. The number of para-hydroxylation sites is 1. The van der Waals surface area contributed by atoms with Crippen LogP contribution >= 0.6 is 11.8 Å². The molecule has 0 aliphatic carbocycles. The predicted molar refractivity (Wildman–Crippen MR) is 78.0 cm³/mol. The van der Waals surface area contributed by atoms with Crippen LogP contribution in [-0.4, -0.2) is 28.1 Å². The fourth-order valence-corrected chi connectivity index (χ4v) is 2.36. The van der Waals surface area contributed by atoms with Gasteiger partial charge < -0.3 is 10.4 Å². The van der Waals surface area contributed by atoms with E-state index < -0.39 is 0 Å². The second kappa shape index (κ2) is 7.44. The average Bonchev–Trinajstić information content (AvgIpc) is 2.32. The summed E-state index contributed by atoms with van der Waals surface area (Å²) in [7, 11) is 0. The molecule has 1 aromatic carbocycles. The molecule has 0 fully saturated rings. The van der Waals surface area contributed by atoms with Crippen LogP contribution in [0.25, 0.3) is 0 Å². The average molecular weight is 267 g/mol. The van der Waals surface area contributed by atoms with Crippen molar-refractivity contribution in [2.45, 2.75) is 38.5 Å². The Morgan fingerprint density at radius 1 is 1.39 bits per heavy atom. The van der Waals surface area contributed by atoms with Crippen LogP contribution in [0.3, 0.4) is 0 Å². The van der Waals surface area contributed by atoms with Crippen LogP contribution in [0.15, 0.2) is 24.3 Å². The number of aryl methyl sites for hydroxylation is 1. The van der Waals surface area contributed by atoms with Gasteiger partial charge in [0, 0.05) is 23.1 Å². The first-order chi connectivity index (χ1) is 8.50. The van der Waals surface area contributed by atoms with Gasteiger partial charge in [0.25, 0.3) is 0 Å². The Morgan fingerprint density at radius 3 is 2.67 bits per heavy atom. The zero-order valence-corrected chi connectivity index (χ0v) is 12.0. The van der Waals surface area contributed by atoms with E-state index in [0.717, 1.165) is 17.0 Å². The van der Waals surface area contributed by atoms with Crippen LogP contribution in [0.1, 0.15) is 25.8 Å². The molecule has 0 aromatic heterocycles.